The summed E-state index contributed by atoms with van der Waals surface area (Å²) in [5.41, 5.74) is 2.84. The minimum absolute atomic E-state index is 0. The maximum atomic E-state index is 12.3. The quantitative estimate of drug-likeness (QED) is 0.200. The van der Waals surface area contributed by atoms with E-state index in [4.69, 9.17) is 0 Å². The molecule has 0 N–H and O–H groups in total. The SMILES string of the molecule is CC(C=CC1=C(C)C(=O)C(=O)C1(C)C)=CC=CC(C)=CC[P+](c1ccccc1)(c1ccccc1)c1ccccc1.[Br-]. The van der Waals surface area contributed by atoms with Crippen LogP contribution in [0, 0.1) is 5.41 Å². The number of hydrogen-bond donors (Lipinski definition) is 0. The summed E-state index contributed by atoms with van der Waals surface area (Å²) >= 11 is 0. The van der Waals surface area contributed by atoms with E-state index in [0.717, 1.165) is 17.3 Å². The fourth-order valence-electron chi connectivity index (χ4n) is 5.28. The molecule has 210 valence electrons. The number of benzene rings is 3. The van der Waals surface area contributed by atoms with E-state index in [1.54, 1.807) is 6.92 Å². The third-order valence-electron chi connectivity index (χ3n) is 7.70. The van der Waals surface area contributed by atoms with Gasteiger partial charge in [0.15, 0.2) is 0 Å². The van der Waals surface area contributed by atoms with Crippen LogP contribution in [0.1, 0.15) is 34.6 Å². The van der Waals surface area contributed by atoms with Crippen molar-refractivity contribution in [1.82, 2.24) is 0 Å². The van der Waals surface area contributed by atoms with Gasteiger partial charge in [-0.2, -0.15) is 0 Å². The second kappa shape index (κ2) is 14.0. The lowest BCUT2D eigenvalue weighted by molar-refractivity contribution is -0.137. The Hall–Kier alpha value is -3.39. The predicted molar refractivity (Wildman–Crippen MR) is 172 cm³/mol. The van der Waals surface area contributed by atoms with Crippen LogP contribution in [0.25, 0.3) is 0 Å². The highest BCUT2D eigenvalue weighted by Gasteiger charge is 2.45. The Labute approximate surface area is 256 Å². The van der Waals surface area contributed by atoms with Crippen molar-refractivity contribution in [3.63, 3.8) is 0 Å². The smallest absolute Gasteiger partial charge is 0.225 e. The molecule has 1 aliphatic rings. The van der Waals surface area contributed by atoms with Gasteiger partial charge in [0.25, 0.3) is 0 Å². The Balaban J connectivity index is 0.00000462. The summed E-state index contributed by atoms with van der Waals surface area (Å²) < 4.78 is 0. The fourth-order valence-corrected chi connectivity index (χ4v) is 9.41. The van der Waals surface area contributed by atoms with E-state index in [1.165, 1.54) is 21.5 Å². The molecule has 4 rings (SSSR count). The van der Waals surface area contributed by atoms with Gasteiger partial charge in [-0.1, -0.05) is 96.1 Å². The monoisotopic (exact) mass is 624 g/mol. The van der Waals surface area contributed by atoms with Gasteiger partial charge in [-0.3, -0.25) is 9.59 Å². The Morgan fingerprint density at radius 2 is 1.20 bits per heavy atom. The molecule has 0 aromatic heterocycles. The van der Waals surface area contributed by atoms with Crippen molar-refractivity contribution >= 4 is 34.7 Å². The molecule has 0 spiro atoms. The number of Topliss-reactive ketones (excluding diaryl/α,β-unsaturated/α-hetero) is 2. The van der Waals surface area contributed by atoms with Crippen LogP contribution in [-0.4, -0.2) is 17.7 Å². The van der Waals surface area contributed by atoms with Crippen molar-refractivity contribution in [2.45, 2.75) is 34.6 Å². The van der Waals surface area contributed by atoms with Crippen molar-refractivity contribution < 1.29 is 26.6 Å². The van der Waals surface area contributed by atoms with E-state index in [1.807, 2.05) is 32.9 Å². The zero-order valence-electron chi connectivity index (χ0n) is 24.5. The molecule has 3 aromatic carbocycles. The van der Waals surface area contributed by atoms with Crippen LogP contribution >= 0.6 is 7.26 Å². The molecule has 0 unspecified atom stereocenters. The van der Waals surface area contributed by atoms with Gasteiger partial charge in [0.2, 0.25) is 11.6 Å². The minimum atomic E-state index is -1.91. The first-order valence-electron chi connectivity index (χ1n) is 13.7. The highest BCUT2D eigenvalue weighted by molar-refractivity contribution is 7.95. The molecule has 2 nitrogen and oxygen atoms in total. The highest BCUT2D eigenvalue weighted by Crippen LogP contribution is 2.55. The van der Waals surface area contributed by atoms with Gasteiger partial charge >= 0.3 is 0 Å². The van der Waals surface area contributed by atoms with Crippen LogP contribution in [0.3, 0.4) is 0 Å². The Morgan fingerprint density at radius 1 is 0.732 bits per heavy atom. The summed E-state index contributed by atoms with van der Waals surface area (Å²) in [4.78, 5) is 24.4. The van der Waals surface area contributed by atoms with E-state index in [2.05, 4.69) is 122 Å². The molecule has 3 aromatic rings. The summed E-state index contributed by atoms with van der Waals surface area (Å²) in [6.45, 7) is 9.56. The molecule has 41 heavy (non-hydrogen) atoms. The summed E-state index contributed by atoms with van der Waals surface area (Å²) in [6.07, 6.45) is 13.5. The molecule has 0 bridgehead atoms. The van der Waals surface area contributed by atoms with Crippen LogP contribution < -0.4 is 32.9 Å². The second-order valence-corrected chi connectivity index (χ2v) is 14.4. The average Bonchev–Trinajstić information content (AvgIpc) is 3.12. The van der Waals surface area contributed by atoms with E-state index < -0.39 is 12.7 Å². The van der Waals surface area contributed by atoms with E-state index >= 15 is 0 Å². The normalized spacial score (nSPS) is 16.1. The zero-order valence-corrected chi connectivity index (χ0v) is 27.0. The molecular weight excluding hydrogens is 587 g/mol. The maximum Gasteiger partial charge on any atom is 0.225 e. The summed E-state index contributed by atoms with van der Waals surface area (Å²) in [5.74, 6) is -0.695. The Kier molecular flexibility index (Phi) is 11.0. The molecule has 0 saturated heterocycles. The van der Waals surface area contributed by atoms with E-state index in [0.29, 0.717) is 5.57 Å². The van der Waals surface area contributed by atoms with Gasteiger partial charge in [-0.05, 0) is 82.7 Å². The number of ketones is 2. The molecular formula is C37H38BrO2P. The zero-order chi connectivity index (χ0) is 28.8. The molecule has 0 saturated carbocycles. The van der Waals surface area contributed by atoms with Gasteiger partial charge < -0.3 is 17.0 Å². The molecule has 0 atom stereocenters. The van der Waals surface area contributed by atoms with Crippen molar-refractivity contribution in [3.8, 4) is 0 Å². The van der Waals surface area contributed by atoms with Crippen LogP contribution in [0.4, 0.5) is 0 Å². The van der Waals surface area contributed by atoms with Crippen LogP contribution in [0.5, 0.6) is 0 Å². The third kappa shape index (κ3) is 6.92. The van der Waals surface area contributed by atoms with Gasteiger partial charge in [0.1, 0.15) is 23.2 Å². The molecule has 0 radical (unpaired) electrons. The first-order chi connectivity index (χ1) is 19.2. The van der Waals surface area contributed by atoms with Gasteiger partial charge in [-0.15, -0.1) is 0 Å². The molecule has 0 aliphatic heterocycles. The Bertz CT molecular complexity index is 1430. The molecule has 0 amide bonds. The van der Waals surface area contributed by atoms with Crippen LogP contribution in [0.2, 0.25) is 0 Å². The standard InChI is InChI=1S/C37H38O2P.BrH/c1-28(24-25-34-30(3)35(38)36(39)37(34,4)5)16-15-17-29(2)26-27-40(31-18-9-6-10-19-31,32-20-11-7-12-21-32)33-22-13-8-14-23-33;/h6-26H,27H2,1-5H3;1H/q+1;/p-1. The number of carbonyl (C=O) groups is 2. The van der Waals surface area contributed by atoms with Crippen LogP contribution in [0.15, 0.2) is 150 Å². The van der Waals surface area contributed by atoms with E-state index in [-0.39, 0.29) is 28.5 Å². The molecule has 0 heterocycles. The lowest BCUT2D eigenvalue weighted by Gasteiger charge is -2.26. The molecule has 4 heteroatoms. The largest absolute Gasteiger partial charge is 1.00 e. The van der Waals surface area contributed by atoms with Crippen molar-refractivity contribution in [3.05, 3.63) is 150 Å². The van der Waals surface area contributed by atoms with Crippen molar-refractivity contribution in [2.24, 2.45) is 5.41 Å². The highest BCUT2D eigenvalue weighted by atomic mass is 79.9. The number of rotatable bonds is 9. The number of halogens is 1. The van der Waals surface area contributed by atoms with Gasteiger partial charge in [0.05, 0.1) is 11.6 Å². The summed E-state index contributed by atoms with van der Waals surface area (Å²) in [6, 6.07) is 32.7. The lowest BCUT2D eigenvalue weighted by Crippen LogP contribution is -3.00. The number of hydrogen-bond acceptors (Lipinski definition) is 2. The lowest BCUT2D eigenvalue weighted by atomic mass is 9.84. The summed E-state index contributed by atoms with van der Waals surface area (Å²) in [5, 5.41) is 4.12. The maximum absolute atomic E-state index is 12.3. The van der Waals surface area contributed by atoms with E-state index in [9.17, 15) is 9.59 Å². The minimum Gasteiger partial charge on any atom is -1.00 e. The van der Waals surface area contributed by atoms with Crippen molar-refractivity contribution in [1.29, 1.82) is 0 Å². The summed E-state index contributed by atoms with van der Waals surface area (Å²) in [7, 11) is -1.91. The predicted octanol–water partition coefficient (Wildman–Crippen LogP) is 4.48. The Morgan fingerprint density at radius 3 is 1.61 bits per heavy atom. The third-order valence-corrected chi connectivity index (χ3v) is 12.0. The first-order valence-corrected chi connectivity index (χ1v) is 15.7. The fraction of sp³-hybridized carbons (Fsp3) is 0.189. The molecule has 0 fully saturated rings. The first kappa shape index (κ1) is 32.1. The number of carbonyl (C=O) groups excluding carboxylic acids is 2. The van der Waals surface area contributed by atoms with Gasteiger partial charge in [-0.25, -0.2) is 0 Å². The van der Waals surface area contributed by atoms with Crippen molar-refractivity contribution in [2.75, 3.05) is 6.16 Å². The second-order valence-electron chi connectivity index (χ2n) is 10.9. The topological polar surface area (TPSA) is 34.1 Å². The van der Waals surface area contributed by atoms with Gasteiger partial charge in [0, 0.05) is 5.57 Å². The molecule has 1 aliphatic carbocycles. The number of allylic oxidation sites excluding steroid dienone is 10. The average molecular weight is 626 g/mol. The van der Waals surface area contributed by atoms with Crippen LogP contribution in [-0.2, 0) is 9.59 Å².